The van der Waals surface area contributed by atoms with Gasteiger partial charge in [0.25, 0.3) is 5.91 Å². The lowest BCUT2D eigenvalue weighted by Crippen LogP contribution is -2.39. The summed E-state index contributed by atoms with van der Waals surface area (Å²) in [5, 5.41) is 22.7. The fraction of sp³-hybridized carbons (Fsp3) is 0.395. The van der Waals surface area contributed by atoms with Gasteiger partial charge in [0.05, 0.1) is 20.7 Å². The van der Waals surface area contributed by atoms with E-state index in [1.807, 2.05) is 116 Å². The molecule has 0 saturated heterocycles. The minimum Gasteiger partial charge on any atom is -0.477 e. The Morgan fingerprint density at radius 2 is 0.838 bits per heavy atom. The fourth-order valence-corrected chi connectivity index (χ4v) is 24.3. The van der Waals surface area contributed by atoms with Gasteiger partial charge in [0.1, 0.15) is 45.5 Å². The van der Waals surface area contributed by atoms with E-state index in [1.165, 1.54) is 95.2 Å². The van der Waals surface area contributed by atoms with E-state index in [1.54, 1.807) is 42.2 Å². The van der Waals surface area contributed by atoms with Crippen molar-refractivity contribution < 1.29 is 42.9 Å². The Morgan fingerprint density at radius 3 is 1.24 bits per heavy atom. The SMILES string of the molecule is CC(=O)C1Oc2c(CC(C)C)cc(C(C)(C)C)cc2C(c2ccccc2)S1.CC(C)Cc1cc(C(C)(C)C)cc2c1OC(C#N)SC2c1ccccc1.CC(C)Cc1cc(C(C)(C)C)cc2c1OC(Cl)([N+](=O)[O-])SC2c1ccccc1.Cc1cc(C)c2c(c1)CSC(C(N)=O)O2.Cc1cc(C)c2c(c1)CSC(C)(C)O2.Cc1cc(C)c2c(c1)CSC(c1ccc(Cl)cc1)(c1ccc(Cl)cc1)O2. The first-order valence-electron chi connectivity index (χ1n) is 46.5. The molecule has 0 aromatic heterocycles. The standard InChI is InChI=1S/C24H30O2S.C23H27NOS.C22H18Cl2OS.C22H26ClNO3S.C12H16OS.C11H13NO2S/c1-15(2)12-18-13-19(24(4,5)6)14-20-21(18)26-23(16(3)25)27-22(20)17-10-8-7-9-11-17;1-15(2)11-17-12-18(23(3,4)5)13-19-21(17)25-20(14-24)26-22(19)16-9-7-6-8-10-16;1-14-11-15(2)21-16(12-14)13-26-22(25-21,17-3-7-19(23)8-4-17)18-5-9-20(24)10-6-18;1-14(2)11-16-12-17(21(3,4)5)13-18-19(16)27-22(23,24(25)26)28-20(18)15-9-7-6-8-10-15;1-8-5-9(2)11-10(6-8)7-14-12(3,4)13-11;1-6-3-7(2)9-8(4-6)5-15-11(14-9)10(12)13/h7-11,13-15,22-23H,12H2,1-6H3;6-10,12-13,15,20,22H,11H2,1-5H3;3-12H,13H2,1-2H3;6-10,12-14,20H,11H2,1-5H3;5-6H,7H2,1-4H3;3-4,11H,5H2,1-2H3,(H2,12,13). The molecule has 0 saturated carbocycles. The molecule has 0 spiro atoms. The third kappa shape index (κ3) is 26.5. The van der Waals surface area contributed by atoms with E-state index in [2.05, 4.69) is 274 Å². The van der Waals surface area contributed by atoms with Crippen LogP contribution in [-0.4, -0.2) is 42.4 Å². The number of Topliss-reactive ketones (excluding diaryl/α,β-unsaturated/α-hetero) is 1. The van der Waals surface area contributed by atoms with Gasteiger partial charge in [0, 0.05) is 83.4 Å². The monoisotopic (exact) mass is 2000 g/mol. The van der Waals surface area contributed by atoms with Crippen molar-refractivity contribution in [1.82, 2.24) is 0 Å². The van der Waals surface area contributed by atoms with Crippen LogP contribution in [0, 0.1) is 80.7 Å². The van der Waals surface area contributed by atoms with E-state index < -0.39 is 36.6 Å². The Morgan fingerprint density at radius 1 is 0.471 bits per heavy atom. The Kier molecular flexibility index (Phi) is 34.9. The molecule has 13 nitrogen and oxygen atoms in total. The largest absolute Gasteiger partial charge is 0.496 e. The molecule has 1 amide bonds. The molecule has 0 fully saturated rings. The number of carbonyl (C=O) groups excluding carboxylic acids is 2. The number of carbonyl (C=O) groups is 2. The number of halogens is 3. The molecule has 17 rings (SSSR count). The summed E-state index contributed by atoms with van der Waals surface area (Å²) in [6.45, 7) is 51.6. The van der Waals surface area contributed by atoms with E-state index in [0.717, 1.165) is 122 Å². The Bertz CT molecular complexity index is 6090. The first kappa shape index (κ1) is 106. The molecule has 6 heterocycles. The number of aryl methyl sites for hydroxylation is 6. The highest BCUT2D eigenvalue weighted by molar-refractivity contribution is 8.02. The van der Waals surface area contributed by atoms with Crippen LogP contribution in [0.25, 0.3) is 0 Å². The number of ketones is 1. The summed E-state index contributed by atoms with van der Waals surface area (Å²) in [5.74, 6) is 9.11. The van der Waals surface area contributed by atoms with Crippen LogP contribution in [0.1, 0.15) is 268 Å². The van der Waals surface area contributed by atoms with Crippen LogP contribution in [0.2, 0.25) is 10.0 Å². The Hall–Kier alpha value is -8.78. The molecule has 0 bridgehead atoms. The second-order valence-electron chi connectivity index (χ2n) is 40.7. The number of rotatable bonds is 14. The Balaban J connectivity index is 0.000000149. The number of ether oxygens (including phenoxy) is 6. The number of hydrogen-bond acceptors (Lipinski definition) is 17. The van der Waals surface area contributed by atoms with E-state index in [-0.39, 0.29) is 42.7 Å². The van der Waals surface area contributed by atoms with Crippen LogP contribution < -0.4 is 34.2 Å². The lowest BCUT2D eigenvalue weighted by molar-refractivity contribution is -0.552. The lowest BCUT2D eigenvalue weighted by Gasteiger charge is -2.39. The molecule has 22 heteroatoms. The van der Waals surface area contributed by atoms with Gasteiger partial charge in [0.2, 0.25) is 21.2 Å². The molecule has 6 aliphatic rings. The first-order valence-corrected chi connectivity index (χ1v) is 53.4. The van der Waals surface area contributed by atoms with Crippen molar-refractivity contribution in [3.05, 3.63) is 360 Å². The number of alkyl halides is 1. The summed E-state index contributed by atoms with van der Waals surface area (Å²) in [6, 6.07) is 75.1. The summed E-state index contributed by atoms with van der Waals surface area (Å²) in [6.07, 6.45) is 2.67. The van der Waals surface area contributed by atoms with Crippen molar-refractivity contribution in [2.45, 2.75) is 265 Å². The van der Waals surface area contributed by atoms with Crippen molar-refractivity contribution >= 4 is 117 Å². The number of nitrogens with two attached hydrogens (primary N) is 1. The highest BCUT2D eigenvalue weighted by atomic mass is 35.5. The van der Waals surface area contributed by atoms with Gasteiger partial charge in [-0.25, -0.2) is 0 Å². The van der Waals surface area contributed by atoms with Gasteiger partial charge < -0.3 is 34.2 Å². The first-order chi connectivity index (χ1) is 64.0. The van der Waals surface area contributed by atoms with Crippen molar-refractivity contribution in [3.63, 3.8) is 0 Å². The quantitative estimate of drug-likeness (QED) is 0.0469. The number of nitro groups is 1. The van der Waals surface area contributed by atoms with Crippen LogP contribution >= 0.6 is 105 Å². The van der Waals surface area contributed by atoms with Crippen molar-refractivity contribution in [2.75, 3.05) is 0 Å². The summed E-state index contributed by atoms with van der Waals surface area (Å²) in [4.78, 5) is 33.7. The van der Waals surface area contributed by atoms with E-state index in [4.69, 9.17) is 69.0 Å². The average molecular weight is 2000 g/mol. The average Bonchev–Trinajstić information content (AvgIpc) is 0.727. The predicted molar refractivity (Wildman–Crippen MR) is 574 cm³/mol. The number of fused-ring (bicyclic) bond motifs is 6. The number of benzene rings is 11. The molecule has 136 heavy (non-hydrogen) atoms. The molecular formula is C114H130Cl3N3O10S6. The van der Waals surface area contributed by atoms with Gasteiger partial charge in [-0.1, -0.05) is 355 Å². The van der Waals surface area contributed by atoms with Crippen LogP contribution in [0.5, 0.6) is 34.5 Å². The summed E-state index contributed by atoms with van der Waals surface area (Å²) < 4.78 is 34.5. The zero-order valence-corrected chi connectivity index (χ0v) is 90.0. The summed E-state index contributed by atoms with van der Waals surface area (Å²) in [7, 11) is 0. The molecule has 2 N–H and O–H groups in total. The van der Waals surface area contributed by atoms with Crippen LogP contribution in [0.4, 0.5) is 0 Å². The van der Waals surface area contributed by atoms with Crippen molar-refractivity contribution in [1.29, 1.82) is 5.26 Å². The second kappa shape index (κ2) is 44.8. The second-order valence-corrected chi connectivity index (χ2v) is 49.6. The third-order valence-electron chi connectivity index (χ3n) is 23.7. The normalized spacial score (nSPS) is 19.1. The molecule has 7 unspecified atom stereocenters. The predicted octanol–water partition coefficient (Wildman–Crippen LogP) is 31.6. The maximum Gasteiger partial charge on any atom is 0.496 e. The van der Waals surface area contributed by atoms with Gasteiger partial charge in [-0.15, -0.1) is 35.3 Å². The number of nitriles is 1. The molecule has 0 radical (unpaired) electrons. The third-order valence-corrected chi connectivity index (χ3v) is 32.5. The molecule has 0 aliphatic carbocycles. The van der Waals surface area contributed by atoms with E-state index in [0.29, 0.717) is 33.5 Å². The van der Waals surface area contributed by atoms with Gasteiger partial charge in [-0.05, 0) is 218 Å². The zero-order valence-electron chi connectivity index (χ0n) is 82.8. The van der Waals surface area contributed by atoms with Gasteiger partial charge in [-0.3, -0.25) is 19.7 Å². The minimum atomic E-state index is -2.04. The molecular weight excluding hydrogens is 1870 g/mol. The number of amides is 1. The molecule has 11 aromatic rings. The molecule has 6 aliphatic heterocycles. The number of primary amides is 1. The number of hydrogen-bond donors (Lipinski definition) is 1. The number of thioether (sulfide) groups is 6. The maximum atomic E-state index is 12.2. The maximum absolute atomic E-state index is 12.2. The fourth-order valence-electron chi connectivity index (χ4n) is 17.2. The summed E-state index contributed by atoms with van der Waals surface area (Å²) >= 11 is 27.9. The van der Waals surface area contributed by atoms with Gasteiger partial charge >= 0.3 is 4.52 Å². The van der Waals surface area contributed by atoms with E-state index >= 15 is 0 Å². The minimum absolute atomic E-state index is 0.0503. The van der Waals surface area contributed by atoms with Crippen molar-refractivity contribution in [3.8, 4) is 40.6 Å². The zero-order chi connectivity index (χ0) is 99.0. The van der Waals surface area contributed by atoms with Crippen LogP contribution in [0.15, 0.2) is 212 Å². The van der Waals surface area contributed by atoms with Crippen molar-refractivity contribution in [2.24, 2.45) is 23.5 Å². The highest BCUT2D eigenvalue weighted by Gasteiger charge is 2.53. The van der Waals surface area contributed by atoms with Crippen LogP contribution in [-0.2, 0) is 67.3 Å². The molecule has 718 valence electrons. The topological polar surface area (TPSA) is 182 Å². The number of nitrogens with zero attached hydrogens (tertiary/aromatic N) is 2. The van der Waals surface area contributed by atoms with Gasteiger partial charge in [-0.2, -0.15) is 5.26 Å². The van der Waals surface area contributed by atoms with Gasteiger partial charge in [0.15, 0.2) is 5.78 Å². The lowest BCUT2D eigenvalue weighted by atomic mass is 9.82. The molecule has 7 atom stereocenters. The smallest absolute Gasteiger partial charge is 0.477 e. The Labute approximate surface area is 848 Å². The molecule has 11 aromatic carbocycles. The van der Waals surface area contributed by atoms with Crippen LogP contribution in [0.3, 0.4) is 0 Å². The highest BCUT2D eigenvalue weighted by Crippen LogP contribution is 2.58. The summed E-state index contributed by atoms with van der Waals surface area (Å²) in [5.41, 5.74) is 31.0. The van der Waals surface area contributed by atoms with E-state index in [9.17, 15) is 25.0 Å².